The van der Waals surface area contributed by atoms with Crippen molar-refractivity contribution >= 4 is 0 Å². The first kappa shape index (κ1) is 14.5. The third kappa shape index (κ3) is 3.36. The van der Waals surface area contributed by atoms with Crippen LogP contribution < -0.4 is 5.32 Å². The third-order valence-electron chi connectivity index (χ3n) is 4.41. The molecule has 1 N–H and O–H groups in total. The summed E-state index contributed by atoms with van der Waals surface area (Å²) in [6.07, 6.45) is 3.73. The van der Waals surface area contributed by atoms with Gasteiger partial charge in [-0.2, -0.15) is 0 Å². The Bertz CT molecular complexity index is 390. The molecule has 1 aromatic rings. The van der Waals surface area contributed by atoms with Gasteiger partial charge in [0.15, 0.2) is 0 Å². The molecule has 2 rings (SSSR count). The van der Waals surface area contributed by atoms with E-state index in [4.69, 9.17) is 0 Å². The van der Waals surface area contributed by atoms with Gasteiger partial charge >= 0.3 is 0 Å². The van der Waals surface area contributed by atoms with E-state index in [0.29, 0.717) is 5.92 Å². The zero-order valence-electron chi connectivity index (χ0n) is 12.4. The van der Waals surface area contributed by atoms with Crippen LogP contribution in [0.5, 0.6) is 0 Å². The predicted octanol–water partition coefficient (Wildman–Crippen LogP) is 4.13. The van der Waals surface area contributed by atoms with Crippen molar-refractivity contribution in [2.24, 2.45) is 11.8 Å². The summed E-state index contributed by atoms with van der Waals surface area (Å²) in [7, 11) is 0. The van der Waals surface area contributed by atoms with Crippen molar-refractivity contribution in [3.05, 3.63) is 35.6 Å². The minimum Gasteiger partial charge on any atom is -0.316 e. The molecular weight excluding hydrogens is 237 g/mol. The molecular formula is C17H26FN. The first-order valence-corrected chi connectivity index (χ1v) is 7.52. The summed E-state index contributed by atoms with van der Waals surface area (Å²) < 4.78 is 13.1. The minimum atomic E-state index is -0.139. The summed E-state index contributed by atoms with van der Waals surface area (Å²) in [6, 6.07) is 7.13. The third-order valence-corrected chi connectivity index (χ3v) is 4.41. The Morgan fingerprint density at radius 1 is 1.26 bits per heavy atom. The van der Waals surface area contributed by atoms with Crippen LogP contribution in [-0.4, -0.2) is 13.1 Å². The zero-order valence-corrected chi connectivity index (χ0v) is 12.4. The van der Waals surface area contributed by atoms with Crippen molar-refractivity contribution in [2.45, 2.75) is 45.4 Å². The molecule has 0 amide bonds. The molecule has 0 heterocycles. The molecule has 1 nitrogen and oxygen atoms in total. The van der Waals surface area contributed by atoms with E-state index in [1.807, 2.05) is 12.1 Å². The number of halogens is 1. The average molecular weight is 263 g/mol. The van der Waals surface area contributed by atoms with Crippen molar-refractivity contribution in [3.63, 3.8) is 0 Å². The standard InChI is InChI=1S/C17H26FN/c1-4-14-9-17(10-14,12-19-11-13(2)3)15-5-7-16(18)8-6-15/h5-8,13-14,19H,4,9-12H2,1-3H3. The molecule has 19 heavy (non-hydrogen) atoms. The molecule has 0 aliphatic heterocycles. The molecule has 0 aromatic heterocycles. The molecule has 1 aromatic carbocycles. The lowest BCUT2D eigenvalue weighted by atomic mass is 9.58. The SMILES string of the molecule is CCC1CC(CNCC(C)C)(c2ccc(F)cc2)C1. The van der Waals surface area contributed by atoms with Crippen LogP contribution in [0.1, 0.15) is 45.6 Å². The molecule has 1 aliphatic rings. The summed E-state index contributed by atoms with van der Waals surface area (Å²) in [4.78, 5) is 0. The molecule has 106 valence electrons. The van der Waals surface area contributed by atoms with Gasteiger partial charge in [0.05, 0.1) is 0 Å². The molecule has 0 unspecified atom stereocenters. The molecule has 0 atom stereocenters. The lowest BCUT2D eigenvalue weighted by molar-refractivity contribution is 0.133. The van der Waals surface area contributed by atoms with Gasteiger partial charge in [-0.1, -0.05) is 39.3 Å². The molecule has 0 radical (unpaired) electrons. The molecule has 1 saturated carbocycles. The topological polar surface area (TPSA) is 12.0 Å². The molecule has 0 saturated heterocycles. The number of nitrogens with one attached hydrogen (secondary N) is 1. The molecule has 0 bridgehead atoms. The Morgan fingerprint density at radius 3 is 2.42 bits per heavy atom. The van der Waals surface area contributed by atoms with Crippen LogP contribution in [-0.2, 0) is 5.41 Å². The normalized spacial score (nSPS) is 26.5. The van der Waals surface area contributed by atoms with E-state index in [0.717, 1.165) is 19.0 Å². The Balaban J connectivity index is 2.05. The smallest absolute Gasteiger partial charge is 0.123 e. The molecule has 0 spiro atoms. The van der Waals surface area contributed by atoms with Crippen molar-refractivity contribution < 1.29 is 4.39 Å². The van der Waals surface area contributed by atoms with Crippen LogP contribution in [0.2, 0.25) is 0 Å². The van der Waals surface area contributed by atoms with Gasteiger partial charge in [-0.15, -0.1) is 0 Å². The highest BCUT2D eigenvalue weighted by atomic mass is 19.1. The Labute approximate surface area is 116 Å². The van der Waals surface area contributed by atoms with Crippen molar-refractivity contribution in [1.29, 1.82) is 0 Å². The number of hydrogen-bond donors (Lipinski definition) is 1. The first-order valence-electron chi connectivity index (χ1n) is 7.52. The fourth-order valence-corrected chi connectivity index (χ4v) is 3.22. The quantitative estimate of drug-likeness (QED) is 0.813. The Hall–Kier alpha value is -0.890. The van der Waals surface area contributed by atoms with E-state index in [1.165, 1.54) is 24.8 Å². The van der Waals surface area contributed by atoms with Crippen LogP contribution in [0, 0.1) is 17.7 Å². The largest absolute Gasteiger partial charge is 0.316 e. The van der Waals surface area contributed by atoms with Gasteiger partial charge in [0.2, 0.25) is 0 Å². The number of rotatable bonds is 6. The van der Waals surface area contributed by atoms with E-state index in [-0.39, 0.29) is 11.2 Å². The molecule has 1 aliphatic carbocycles. The van der Waals surface area contributed by atoms with Gasteiger partial charge < -0.3 is 5.32 Å². The van der Waals surface area contributed by atoms with Crippen LogP contribution in [0.15, 0.2) is 24.3 Å². The van der Waals surface area contributed by atoms with Gasteiger partial charge in [-0.25, -0.2) is 4.39 Å². The fourth-order valence-electron chi connectivity index (χ4n) is 3.22. The van der Waals surface area contributed by atoms with Crippen molar-refractivity contribution in [3.8, 4) is 0 Å². The minimum absolute atomic E-state index is 0.139. The van der Waals surface area contributed by atoms with E-state index >= 15 is 0 Å². The van der Waals surface area contributed by atoms with Gasteiger partial charge in [-0.05, 0) is 48.9 Å². The van der Waals surface area contributed by atoms with E-state index in [1.54, 1.807) is 12.1 Å². The highest BCUT2D eigenvalue weighted by molar-refractivity contribution is 5.30. The van der Waals surface area contributed by atoms with Gasteiger partial charge in [0.25, 0.3) is 0 Å². The maximum absolute atomic E-state index is 13.1. The monoisotopic (exact) mass is 263 g/mol. The zero-order chi connectivity index (χ0) is 13.9. The molecule has 1 fully saturated rings. The number of benzene rings is 1. The maximum atomic E-state index is 13.1. The summed E-state index contributed by atoms with van der Waals surface area (Å²) in [6.45, 7) is 8.80. The first-order chi connectivity index (χ1) is 9.05. The van der Waals surface area contributed by atoms with Gasteiger partial charge in [-0.3, -0.25) is 0 Å². The summed E-state index contributed by atoms with van der Waals surface area (Å²) in [5, 5.41) is 3.59. The van der Waals surface area contributed by atoms with Crippen molar-refractivity contribution in [2.75, 3.05) is 13.1 Å². The summed E-state index contributed by atoms with van der Waals surface area (Å²) >= 11 is 0. The van der Waals surface area contributed by atoms with Crippen LogP contribution >= 0.6 is 0 Å². The highest BCUT2D eigenvalue weighted by Crippen LogP contribution is 2.48. The second kappa shape index (κ2) is 6.04. The van der Waals surface area contributed by atoms with Crippen LogP contribution in [0.25, 0.3) is 0 Å². The van der Waals surface area contributed by atoms with E-state index < -0.39 is 0 Å². The number of hydrogen-bond acceptors (Lipinski definition) is 1. The predicted molar refractivity (Wildman–Crippen MR) is 78.8 cm³/mol. The average Bonchev–Trinajstić information content (AvgIpc) is 2.33. The van der Waals surface area contributed by atoms with E-state index in [2.05, 4.69) is 26.1 Å². The van der Waals surface area contributed by atoms with Crippen LogP contribution in [0.4, 0.5) is 4.39 Å². The fraction of sp³-hybridized carbons (Fsp3) is 0.647. The lowest BCUT2D eigenvalue weighted by Crippen LogP contribution is -2.49. The van der Waals surface area contributed by atoms with Gasteiger partial charge in [0, 0.05) is 12.0 Å². The Kier molecular flexibility index (Phi) is 4.62. The second-order valence-electron chi connectivity index (χ2n) is 6.49. The lowest BCUT2D eigenvalue weighted by Gasteiger charge is -2.48. The van der Waals surface area contributed by atoms with Gasteiger partial charge in [0.1, 0.15) is 5.82 Å². The summed E-state index contributed by atoms with van der Waals surface area (Å²) in [5.41, 5.74) is 1.54. The van der Waals surface area contributed by atoms with E-state index in [9.17, 15) is 4.39 Å². The maximum Gasteiger partial charge on any atom is 0.123 e. The molecule has 2 heteroatoms. The Morgan fingerprint density at radius 2 is 1.89 bits per heavy atom. The van der Waals surface area contributed by atoms with Crippen LogP contribution in [0.3, 0.4) is 0 Å². The summed E-state index contributed by atoms with van der Waals surface area (Å²) in [5.74, 6) is 1.37. The second-order valence-corrected chi connectivity index (χ2v) is 6.49. The van der Waals surface area contributed by atoms with Crippen molar-refractivity contribution in [1.82, 2.24) is 5.32 Å². The highest BCUT2D eigenvalue weighted by Gasteiger charge is 2.44.